The molecule has 4 rings (SSSR count). The standard InChI is InChI=1S/C21H18Cl2N2O3/c22-16-9-14-15(10-17(16)23)20(28)25(19(14)27)11-18(26)24-12-21(7-4-8-21)13-5-2-1-3-6-13/h1-3,5-6,9-10H,4,7-8,11-12H2,(H,24,26). The van der Waals surface area contributed by atoms with Gasteiger partial charge in [0.15, 0.2) is 0 Å². The van der Waals surface area contributed by atoms with Gasteiger partial charge in [0, 0.05) is 12.0 Å². The maximum atomic E-state index is 12.5. The Morgan fingerprint density at radius 2 is 1.57 bits per heavy atom. The molecule has 0 aromatic heterocycles. The van der Waals surface area contributed by atoms with Crippen LogP contribution in [0, 0.1) is 0 Å². The van der Waals surface area contributed by atoms with Gasteiger partial charge in [-0.2, -0.15) is 0 Å². The molecule has 5 nitrogen and oxygen atoms in total. The predicted molar refractivity (Wildman–Crippen MR) is 107 cm³/mol. The summed E-state index contributed by atoms with van der Waals surface area (Å²) in [4.78, 5) is 38.5. The normalized spacial score (nSPS) is 17.3. The third-order valence-corrected chi connectivity index (χ3v) is 6.36. The van der Waals surface area contributed by atoms with Crippen LogP contribution in [0.15, 0.2) is 42.5 Å². The fraction of sp³-hybridized carbons (Fsp3) is 0.286. The van der Waals surface area contributed by atoms with Gasteiger partial charge in [0.25, 0.3) is 11.8 Å². The number of amides is 3. The maximum Gasteiger partial charge on any atom is 0.262 e. The van der Waals surface area contributed by atoms with Crippen LogP contribution in [0.5, 0.6) is 0 Å². The minimum absolute atomic E-state index is 0.0695. The highest BCUT2D eigenvalue weighted by molar-refractivity contribution is 6.43. The number of benzene rings is 2. The van der Waals surface area contributed by atoms with Crippen LogP contribution in [0.1, 0.15) is 45.5 Å². The van der Waals surface area contributed by atoms with E-state index in [-0.39, 0.29) is 39.0 Å². The Bertz CT molecular complexity index is 930. The molecule has 0 atom stereocenters. The number of carbonyl (C=O) groups excluding carboxylic acids is 3. The molecule has 1 fully saturated rings. The van der Waals surface area contributed by atoms with E-state index in [4.69, 9.17) is 23.2 Å². The molecule has 2 aromatic carbocycles. The molecule has 0 bridgehead atoms. The van der Waals surface area contributed by atoms with Gasteiger partial charge in [-0.15, -0.1) is 0 Å². The fourth-order valence-electron chi connectivity index (χ4n) is 3.86. The van der Waals surface area contributed by atoms with Gasteiger partial charge in [0.05, 0.1) is 21.2 Å². The van der Waals surface area contributed by atoms with Crippen molar-refractivity contribution in [3.63, 3.8) is 0 Å². The van der Waals surface area contributed by atoms with Gasteiger partial charge >= 0.3 is 0 Å². The predicted octanol–water partition coefficient (Wildman–Crippen LogP) is 3.83. The lowest BCUT2D eigenvalue weighted by Crippen LogP contribution is -2.48. The van der Waals surface area contributed by atoms with Crippen molar-refractivity contribution in [1.82, 2.24) is 10.2 Å². The second kappa shape index (κ2) is 7.22. The van der Waals surface area contributed by atoms with E-state index in [2.05, 4.69) is 17.4 Å². The summed E-state index contributed by atoms with van der Waals surface area (Å²) in [7, 11) is 0. The van der Waals surface area contributed by atoms with Crippen molar-refractivity contribution in [3.8, 4) is 0 Å². The fourth-order valence-corrected chi connectivity index (χ4v) is 4.18. The van der Waals surface area contributed by atoms with Gasteiger partial charge < -0.3 is 5.32 Å². The summed E-state index contributed by atoms with van der Waals surface area (Å²) in [6.45, 7) is 0.156. The summed E-state index contributed by atoms with van der Waals surface area (Å²) >= 11 is 11.9. The smallest absolute Gasteiger partial charge is 0.262 e. The number of carbonyl (C=O) groups is 3. The van der Waals surface area contributed by atoms with E-state index in [0.717, 1.165) is 24.2 Å². The molecule has 0 radical (unpaired) electrons. The molecule has 1 heterocycles. The molecule has 2 aliphatic rings. The van der Waals surface area contributed by atoms with Crippen molar-refractivity contribution in [3.05, 3.63) is 69.2 Å². The highest BCUT2D eigenvalue weighted by atomic mass is 35.5. The molecule has 3 amide bonds. The van der Waals surface area contributed by atoms with Crippen molar-refractivity contribution in [2.45, 2.75) is 24.7 Å². The van der Waals surface area contributed by atoms with Gasteiger partial charge in [-0.05, 0) is 30.5 Å². The first-order valence-corrected chi connectivity index (χ1v) is 9.84. The average Bonchev–Trinajstić information content (AvgIpc) is 2.87. The SMILES string of the molecule is O=C(CN1C(=O)c2cc(Cl)c(Cl)cc2C1=O)NCC1(c2ccccc2)CCC1. The molecule has 144 valence electrons. The van der Waals surface area contributed by atoms with E-state index in [1.807, 2.05) is 18.2 Å². The Hall–Kier alpha value is -2.37. The number of imide groups is 1. The van der Waals surface area contributed by atoms with E-state index in [1.54, 1.807) is 0 Å². The number of rotatable bonds is 5. The molecule has 0 saturated heterocycles. The van der Waals surface area contributed by atoms with Crippen LogP contribution in [0.4, 0.5) is 0 Å². The zero-order valence-corrected chi connectivity index (χ0v) is 16.5. The lowest BCUT2D eigenvalue weighted by Gasteiger charge is -2.42. The first kappa shape index (κ1) is 19.0. The molecule has 1 aliphatic carbocycles. The molecular formula is C21H18Cl2N2O3. The van der Waals surface area contributed by atoms with E-state index in [1.165, 1.54) is 17.7 Å². The first-order valence-electron chi connectivity index (χ1n) is 9.09. The summed E-state index contributed by atoms with van der Waals surface area (Å²) in [5.74, 6) is -1.43. The summed E-state index contributed by atoms with van der Waals surface area (Å²) in [5.41, 5.74) is 1.48. The van der Waals surface area contributed by atoms with Crippen LogP contribution in [-0.4, -0.2) is 35.7 Å². The van der Waals surface area contributed by atoms with Crippen LogP contribution >= 0.6 is 23.2 Å². The Morgan fingerprint density at radius 1 is 1.00 bits per heavy atom. The molecule has 0 unspecified atom stereocenters. The summed E-state index contributed by atoms with van der Waals surface area (Å²) < 4.78 is 0. The van der Waals surface area contributed by atoms with Gasteiger partial charge in [-0.1, -0.05) is 60.0 Å². The summed E-state index contributed by atoms with van der Waals surface area (Å²) in [5, 5.41) is 3.30. The molecular weight excluding hydrogens is 399 g/mol. The van der Waals surface area contributed by atoms with Crippen molar-refractivity contribution in [2.75, 3.05) is 13.1 Å². The second-order valence-corrected chi connectivity index (χ2v) is 8.10. The number of nitrogens with zero attached hydrogens (tertiary/aromatic N) is 1. The third kappa shape index (κ3) is 3.19. The quantitative estimate of drug-likeness (QED) is 0.753. The van der Waals surface area contributed by atoms with Crippen LogP contribution in [-0.2, 0) is 10.2 Å². The molecule has 1 N–H and O–H groups in total. The summed E-state index contributed by atoms with van der Waals surface area (Å²) in [6, 6.07) is 12.8. The maximum absolute atomic E-state index is 12.5. The molecule has 28 heavy (non-hydrogen) atoms. The number of fused-ring (bicyclic) bond motifs is 1. The van der Waals surface area contributed by atoms with Crippen molar-refractivity contribution < 1.29 is 14.4 Å². The topological polar surface area (TPSA) is 66.5 Å². The van der Waals surface area contributed by atoms with Crippen LogP contribution < -0.4 is 5.32 Å². The van der Waals surface area contributed by atoms with Gasteiger partial charge in [-0.3, -0.25) is 19.3 Å². The van der Waals surface area contributed by atoms with Gasteiger partial charge in [-0.25, -0.2) is 0 Å². The molecule has 1 aliphatic heterocycles. The van der Waals surface area contributed by atoms with Crippen molar-refractivity contribution in [1.29, 1.82) is 0 Å². The van der Waals surface area contributed by atoms with Gasteiger partial charge in [0.1, 0.15) is 6.54 Å². The highest BCUT2D eigenvalue weighted by Gasteiger charge is 2.40. The van der Waals surface area contributed by atoms with Crippen LogP contribution in [0.25, 0.3) is 0 Å². The Kier molecular flexibility index (Phi) is 4.89. The summed E-state index contributed by atoms with van der Waals surface area (Å²) in [6.07, 6.45) is 3.12. The second-order valence-electron chi connectivity index (χ2n) is 7.28. The van der Waals surface area contributed by atoms with Crippen LogP contribution in [0.2, 0.25) is 10.0 Å². The lowest BCUT2D eigenvalue weighted by molar-refractivity contribution is -0.121. The number of hydrogen-bond donors (Lipinski definition) is 1. The minimum Gasteiger partial charge on any atom is -0.354 e. The average molecular weight is 417 g/mol. The van der Waals surface area contributed by atoms with Gasteiger partial charge in [0.2, 0.25) is 5.91 Å². The van der Waals surface area contributed by atoms with Crippen molar-refractivity contribution >= 4 is 40.9 Å². The Morgan fingerprint density at radius 3 is 2.07 bits per heavy atom. The highest BCUT2D eigenvalue weighted by Crippen LogP contribution is 2.43. The molecule has 0 spiro atoms. The largest absolute Gasteiger partial charge is 0.354 e. The van der Waals surface area contributed by atoms with E-state index in [9.17, 15) is 14.4 Å². The minimum atomic E-state index is -0.532. The Balaban J connectivity index is 1.43. The van der Waals surface area contributed by atoms with E-state index in [0.29, 0.717) is 6.54 Å². The van der Waals surface area contributed by atoms with Crippen LogP contribution in [0.3, 0.4) is 0 Å². The molecule has 1 saturated carbocycles. The number of hydrogen-bond acceptors (Lipinski definition) is 3. The molecule has 7 heteroatoms. The van der Waals surface area contributed by atoms with Crippen molar-refractivity contribution in [2.24, 2.45) is 0 Å². The number of halogens is 2. The van der Waals surface area contributed by atoms with E-state index >= 15 is 0 Å². The zero-order valence-electron chi connectivity index (χ0n) is 15.0. The lowest BCUT2D eigenvalue weighted by atomic mass is 9.64. The monoisotopic (exact) mass is 416 g/mol. The zero-order chi connectivity index (χ0) is 19.9. The van der Waals surface area contributed by atoms with E-state index < -0.39 is 11.8 Å². The Labute approximate surface area is 172 Å². The molecule has 2 aromatic rings. The number of nitrogens with one attached hydrogen (secondary N) is 1. The third-order valence-electron chi connectivity index (χ3n) is 5.63. The first-order chi connectivity index (χ1) is 13.4.